The standard InChI is InChI=1S/C28H36F2N4O10/c1-26(2,3)43-22(39)16(23(40)44-27(4,5)11-6-7-12-33-19(36)8-9-20(33)37)14-31-18-10-13-34(25(41)32-18)24-28(29,30)21(38)17(15-35)42-24/h8-10,13-14,17,21,24,35,38H,6-7,11-12,15H2,1-5H3,(H,31,32,41)/b16-14+/t17-,21?,24-/m1/s1. The lowest BCUT2D eigenvalue weighted by Gasteiger charge is -2.26. The number of imide groups is 1. The lowest BCUT2D eigenvalue weighted by Crippen LogP contribution is -2.41. The van der Waals surface area contributed by atoms with Crippen molar-refractivity contribution < 1.29 is 52.4 Å². The minimum Gasteiger partial charge on any atom is -0.456 e. The molecule has 0 bridgehead atoms. The number of rotatable bonds is 12. The Morgan fingerprint density at radius 2 is 1.70 bits per heavy atom. The zero-order valence-electron chi connectivity index (χ0n) is 24.9. The Balaban J connectivity index is 1.72. The molecule has 2 aliphatic heterocycles. The fourth-order valence-corrected chi connectivity index (χ4v) is 4.30. The average molecular weight is 627 g/mol. The number of hydrogen-bond donors (Lipinski definition) is 3. The van der Waals surface area contributed by atoms with E-state index in [2.05, 4.69) is 10.3 Å². The minimum atomic E-state index is -3.91. The summed E-state index contributed by atoms with van der Waals surface area (Å²) in [4.78, 5) is 66.7. The quantitative estimate of drug-likeness (QED) is 0.0752. The maximum absolute atomic E-state index is 14.5. The van der Waals surface area contributed by atoms with Crippen LogP contribution in [-0.2, 0) is 33.4 Å². The van der Waals surface area contributed by atoms with E-state index >= 15 is 0 Å². The van der Waals surface area contributed by atoms with Gasteiger partial charge in [0.15, 0.2) is 11.7 Å². The molecule has 1 saturated heterocycles. The summed E-state index contributed by atoms with van der Waals surface area (Å²) < 4.78 is 45.2. The molecule has 1 aromatic rings. The van der Waals surface area contributed by atoms with Crippen molar-refractivity contribution in [2.45, 2.75) is 89.4 Å². The van der Waals surface area contributed by atoms with Crippen LogP contribution in [0.5, 0.6) is 0 Å². The summed E-state index contributed by atoms with van der Waals surface area (Å²) in [6.45, 7) is 7.25. The van der Waals surface area contributed by atoms with Crippen LogP contribution in [0.1, 0.15) is 60.1 Å². The summed E-state index contributed by atoms with van der Waals surface area (Å²) in [5.41, 5.74) is -3.88. The summed E-state index contributed by atoms with van der Waals surface area (Å²) in [5.74, 6) is -7.06. The van der Waals surface area contributed by atoms with Crippen molar-refractivity contribution in [1.29, 1.82) is 0 Å². The summed E-state index contributed by atoms with van der Waals surface area (Å²) in [5, 5.41) is 21.4. The summed E-state index contributed by atoms with van der Waals surface area (Å²) in [6, 6.07) is 1.09. The zero-order valence-corrected chi connectivity index (χ0v) is 24.9. The number of esters is 2. The number of aliphatic hydroxyl groups excluding tert-OH is 2. The molecule has 3 atom stereocenters. The summed E-state index contributed by atoms with van der Waals surface area (Å²) >= 11 is 0. The van der Waals surface area contributed by atoms with Crippen molar-refractivity contribution in [2.24, 2.45) is 0 Å². The normalized spacial score (nSPS) is 22.0. The molecule has 2 aliphatic rings. The second-order valence-electron chi connectivity index (χ2n) is 11.8. The molecular weight excluding hydrogens is 590 g/mol. The Hall–Kier alpha value is -4.02. The van der Waals surface area contributed by atoms with E-state index in [-0.39, 0.29) is 12.4 Å². The Morgan fingerprint density at radius 3 is 2.25 bits per heavy atom. The SMILES string of the molecule is CC(C)(C)OC(=O)/C(=C\Nc1ccn([C@@H]2O[C@H](CO)C(O)C2(F)F)c(=O)n1)C(=O)OC(C)(C)CCCCN1C(=O)C=CC1=O. The minimum absolute atomic E-state index is 0.195. The van der Waals surface area contributed by atoms with Crippen LogP contribution < -0.4 is 11.0 Å². The largest absolute Gasteiger partial charge is 0.456 e. The fraction of sp³-hybridized carbons (Fsp3) is 0.571. The van der Waals surface area contributed by atoms with Gasteiger partial charge in [0, 0.05) is 31.1 Å². The number of hydrogen-bond acceptors (Lipinski definition) is 12. The molecule has 3 heterocycles. The van der Waals surface area contributed by atoms with Gasteiger partial charge in [-0.25, -0.2) is 14.4 Å². The van der Waals surface area contributed by atoms with Gasteiger partial charge in [0.05, 0.1) is 6.61 Å². The van der Waals surface area contributed by atoms with E-state index in [0.717, 1.165) is 23.4 Å². The molecule has 1 unspecified atom stereocenters. The van der Waals surface area contributed by atoms with Gasteiger partial charge in [-0.2, -0.15) is 13.8 Å². The highest BCUT2D eigenvalue weighted by atomic mass is 19.3. The van der Waals surface area contributed by atoms with Gasteiger partial charge in [-0.3, -0.25) is 19.1 Å². The molecule has 0 aliphatic carbocycles. The number of halogens is 2. The van der Waals surface area contributed by atoms with Crippen molar-refractivity contribution in [2.75, 3.05) is 18.5 Å². The number of nitrogens with one attached hydrogen (secondary N) is 1. The molecule has 0 spiro atoms. The smallest absolute Gasteiger partial charge is 0.351 e. The average Bonchev–Trinajstić information content (AvgIpc) is 3.34. The van der Waals surface area contributed by atoms with Crippen molar-refractivity contribution in [3.8, 4) is 0 Å². The molecule has 14 nitrogen and oxygen atoms in total. The number of nitrogens with zero attached hydrogens (tertiary/aromatic N) is 3. The van der Waals surface area contributed by atoms with E-state index in [1.54, 1.807) is 34.6 Å². The molecule has 1 fully saturated rings. The third kappa shape index (κ3) is 8.33. The van der Waals surface area contributed by atoms with Crippen molar-refractivity contribution in [1.82, 2.24) is 14.5 Å². The predicted molar refractivity (Wildman–Crippen MR) is 148 cm³/mol. The number of amides is 2. The molecule has 242 valence electrons. The third-order valence-corrected chi connectivity index (χ3v) is 6.53. The van der Waals surface area contributed by atoms with Gasteiger partial charge in [0.2, 0.25) is 6.23 Å². The maximum Gasteiger partial charge on any atom is 0.351 e. The van der Waals surface area contributed by atoms with Crippen molar-refractivity contribution >= 4 is 29.6 Å². The number of carbonyl (C=O) groups is 4. The van der Waals surface area contributed by atoms with Crippen LogP contribution in [0.4, 0.5) is 14.6 Å². The maximum atomic E-state index is 14.5. The number of ether oxygens (including phenoxy) is 3. The first-order chi connectivity index (χ1) is 20.4. The highest BCUT2D eigenvalue weighted by molar-refractivity contribution is 6.14. The van der Waals surface area contributed by atoms with E-state index in [1.807, 2.05) is 0 Å². The lowest BCUT2D eigenvalue weighted by molar-refractivity contribution is -0.159. The monoisotopic (exact) mass is 626 g/mol. The molecule has 0 radical (unpaired) electrons. The Bertz CT molecular complexity index is 1380. The highest BCUT2D eigenvalue weighted by Gasteiger charge is 2.59. The van der Waals surface area contributed by atoms with Crippen LogP contribution in [0.3, 0.4) is 0 Å². The second kappa shape index (κ2) is 13.3. The summed E-state index contributed by atoms with van der Waals surface area (Å²) in [6.07, 6.45) is -0.780. The molecule has 1 aromatic heterocycles. The Morgan fingerprint density at radius 1 is 1.09 bits per heavy atom. The second-order valence-corrected chi connectivity index (χ2v) is 11.8. The number of unbranched alkanes of at least 4 members (excludes halogenated alkanes) is 1. The van der Waals surface area contributed by atoms with Gasteiger partial charge in [-0.05, 0) is 59.9 Å². The number of aromatic nitrogens is 2. The van der Waals surface area contributed by atoms with Gasteiger partial charge < -0.3 is 29.7 Å². The van der Waals surface area contributed by atoms with Gasteiger partial charge in [-0.15, -0.1) is 0 Å². The van der Waals surface area contributed by atoms with Gasteiger partial charge in [-0.1, -0.05) is 0 Å². The first kappa shape index (κ1) is 34.5. The number of anilines is 1. The summed E-state index contributed by atoms with van der Waals surface area (Å²) in [7, 11) is 0. The van der Waals surface area contributed by atoms with Gasteiger partial charge in [0.1, 0.15) is 23.1 Å². The van der Waals surface area contributed by atoms with Gasteiger partial charge in [0.25, 0.3) is 11.8 Å². The molecule has 3 N–H and O–H groups in total. The lowest BCUT2D eigenvalue weighted by atomic mass is 10.0. The van der Waals surface area contributed by atoms with E-state index in [4.69, 9.17) is 14.2 Å². The number of aliphatic hydroxyl groups is 2. The van der Waals surface area contributed by atoms with Crippen LogP contribution in [-0.4, -0.2) is 90.9 Å². The number of alkyl halides is 2. The van der Waals surface area contributed by atoms with Crippen LogP contribution in [0.25, 0.3) is 0 Å². The van der Waals surface area contributed by atoms with E-state index in [1.165, 1.54) is 12.2 Å². The first-order valence-corrected chi connectivity index (χ1v) is 13.7. The van der Waals surface area contributed by atoms with Crippen LogP contribution in [0, 0.1) is 0 Å². The van der Waals surface area contributed by atoms with E-state index in [9.17, 15) is 43.0 Å². The molecule has 2 amide bonds. The molecule has 0 aromatic carbocycles. The Labute approximate surface area is 251 Å². The zero-order chi connectivity index (χ0) is 33.0. The fourth-order valence-electron chi connectivity index (χ4n) is 4.30. The van der Waals surface area contributed by atoms with E-state index in [0.29, 0.717) is 23.8 Å². The Kier molecular flexibility index (Phi) is 10.4. The molecule has 44 heavy (non-hydrogen) atoms. The number of carbonyl (C=O) groups excluding carboxylic acids is 4. The predicted octanol–water partition coefficient (Wildman–Crippen LogP) is 1.18. The highest BCUT2D eigenvalue weighted by Crippen LogP contribution is 2.42. The van der Waals surface area contributed by atoms with Crippen LogP contribution in [0.15, 0.2) is 41.0 Å². The van der Waals surface area contributed by atoms with Crippen LogP contribution in [0.2, 0.25) is 0 Å². The van der Waals surface area contributed by atoms with Crippen molar-refractivity contribution in [3.63, 3.8) is 0 Å². The third-order valence-electron chi connectivity index (χ3n) is 6.53. The van der Waals surface area contributed by atoms with Gasteiger partial charge >= 0.3 is 23.6 Å². The topological polar surface area (TPSA) is 187 Å². The molecule has 16 heteroatoms. The molecule has 0 saturated carbocycles. The van der Waals surface area contributed by atoms with Crippen molar-refractivity contribution in [3.05, 3.63) is 46.7 Å². The first-order valence-electron chi connectivity index (χ1n) is 13.7. The molecule has 3 rings (SSSR count). The molecular formula is C28H36F2N4O10. The van der Waals surface area contributed by atoms with Crippen LogP contribution >= 0.6 is 0 Å². The van der Waals surface area contributed by atoms with E-state index < -0.39 is 77.2 Å².